The van der Waals surface area contributed by atoms with Crippen LogP contribution in [0.2, 0.25) is 0 Å². The van der Waals surface area contributed by atoms with E-state index in [0.29, 0.717) is 12.0 Å². The van der Waals surface area contributed by atoms with Gasteiger partial charge in [0.2, 0.25) is 11.8 Å². The first kappa shape index (κ1) is 34.1. The van der Waals surface area contributed by atoms with Crippen LogP contribution in [0.3, 0.4) is 0 Å². The summed E-state index contributed by atoms with van der Waals surface area (Å²) in [4.78, 5) is 54.9. The minimum absolute atomic E-state index is 0.0121. The molecule has 3 atom stereocenters. The zero-order chi connectivity index (χ0) is 31.7. The van der Waals surface area contributed by atoms with E-state index >= 15 is 0 Å². The highest BCUT2D eigenvalue weighted by Gasteiger charge is 2.37. The Balaban J connectivity index is 2.47. The average Bonchev–Trinajstić information content (AvgIpc) is 2.87. The molecule has 3 N–H and O–H groups in total. The van der Waals surface area contributed by atoms with E-state index in [1.165, 1.54) is 24.0 Å². The summed E-state index contributed by atoms with van der Waals surface area (Å²) in [5.74, 6) is -1.76. The SMILES string of the molecule is CCCN(C(=O)C(C)NC(=O)OC(C)(C)C)C(C(=O)NC(Cc1ccccc1)C(=O)OC(C)(C)C)c1ccc(O)cc1. The van der Waals surface area contributed by atoms with Gasteiger partial charge in [0.25, 0.3) is 0 Å². The van der Waals surface area contributed by atoms with Gasteiger partial charge < -0.3 is 30.1 Å². The van der Waals surface area contributed by atoms with E-state index in [-0.39, 0.29) is 18.7 Å². The number of hydrogen-bond donors (Lipinski definition) is 3. The van der Waals surface area contributed by atoms with Gasteiger partial charge >= 0.3 is 12.1 Å². The first-order valence-electron chi connectivity index (χ1n) is 14.2. The van der Waals surface area contributed by atoms with Crippen molar-refractivity contribution in [2.24, 2.45) is 0 Å². The van der Waals surface area contributed by atoms with E-state index in [2.05, 4.69) is 10.6 Å². The topological polar surface area (TPSA) is 134 Å². The molecule has 42 heavy (non-hydrogen) atoms. The number of carbonyl (C=O) groups excluding carboxylic acids is 4. The Morgan fingerprint density at radius 2 is 1.43 bits per heavy atom. The zero-order valence-corrected chi connectivity index (χ0v) is 25.9. The number of nitrogens with one attached hydrogen (secondary N) is 2. The van der Waals surface area contributed by atoms with E-state index in [4.69, 9.17) is 9.47 Å². The molecule has 0 heterocycles. The van der Waals surface area contributed by atoms with Crippen LogP contribution in [0.15, 0.2) is 54.6 Å². The van der Waals surface area contributed by atoms with Crippen molar-refractivity contribution in [3.8, 4) is 5.75 Å². The maximum atomic E-state index is 14.1. The van der Waals surface area contributed by atoms with Gasteiger partial charge in [0.05, 0.1) is 0 Å². The second-order valence-electron chi connectivity index (χ2n) is 12.2. The minimum atomic E-state index is -1.18. The van der Waals surface area contributed by atoms with Crippen molar-refractivity contribution in [1.29, 1.82) is 0 Å². The average molecular weight is 584 g/mol. The second-order valence-corrected chi connectivity index (χ2v) is 12.2. The van der Waals surface area contributed by atoms with E-state index in [1.807, 2.05) is 37.3 Å². The van der Waals surface area contributed by atoms with Crippen LogP contribution in [0.1, 0.15) is 79.0 Å². The Hall–Kier alpha value is -4.08. The summed E-state index contributed by atoms with van der Waals surface area (Å²) in [6.07, 6.45) is -0.0905. The van der Waals surface area contributed by atoms with Crippen molar-refractivity contribution in [2.45, 2.75) is 97.6 Å². The predicted molar refractivity (Wildman–Crippen MR) is 160 cm³/mol. The number of ether oxygens (including phenoxy) is 2. The molecule has 0 aromatic heterocycles. The van der Waals surface area contributed by atoms with E-state index in [1.54, 1.807) is 53.7 Å². The molecule has 0 bridgehead atoms. The monoisotopic (exact) mass is 583 g/mol. The molecule has 2 aromatic carbocycles. The van der Waals surface area contributed by atoms with Gasteiger partial charge in [-0.1, -0.05) is 49.4 Å². The molecule has 0 fully saturated rings. The van der Waals surface area contributed by atoms with Crippen molar-refractivity contribution in [1.82, 2.24) is 15.5 Å². The largest absolute Gasteiger partial charge is 0.508 e. The number of hydrogen-bond acceptors (Lipinski definition) is 7. The van der Waals surface area contributed by atoms with Gasteiger partial charge in [-0.2, -0.15) is 0 Å². The fourth-order valence-electron chi connectivity index (χ4n) is 4.20. The lowest BCUT2D eigenvalue weighted by Crippen LogP contribution is -2.54. The lowest BCUT2D eigenvalue weighted by atomic mass is 10.0. The number of aromatic hydroxyl groups is 1. The molecule has 10 heteroatoms. The van der Waals surface area contributed by atoms with E-state index < -0.39 is 53.2 Å². The molecule has 0 radical (unpaired) electrons. The third kappa shape index (κ3) is 11.1. The molecule has 230 valence electrons. The molecular formula is C32H45N3O7. The van der Waals surface area contributed by atoms with Crippen LogP contribution in [-0.4, -0.2) is 63.7 Å². The van der Waals surface area contributed by atoms with Crippen molar-refractivity contribution in [2.75, 3.05) is 6.54 Å². The second kappa shape index (κ2) is 14.7. The maximum Gasteiger partial charge on any atom is 0.408 e. The normalized spacial score (nSPS) is 13.7. The Bertz CT molecular complexity index is 1200. The molecule has 2 rings (SSSR count). The van der Waals surface area contributed by atoms with Gasteiger partial charge in [0.1, 0.15) is 35.1 Å². The molecule has 10 nitrogen and oxygen atoms in total. The number of alkyl carbamates (subject to hydrolysis) is 1. The summed E-state index contributed by atoms with van der Waals surface area (Å²) >= 11 is 0. The number of benzene rings is 2. The molecule has 3 unspecified atom stereocenters. The van der Waals surface area contributed by atoms with Crippen LogP contribution in [0.25, 0.3) is 0 Å². The number of rotatable bonds is 11. The number of carbonyl (C=O) groups is 4. The van der Waals surface area contributed by atoms with Crippen LogP contribution < -0.4 is 10.6 Å². The van der Waals surface area contributed by atoms with Crippen LogP contribution in [-0.2, 0) is 30.3 Å². The molecule has 0 aliphatic carbocycles. The Kier molecular flexibility index (Phi) is 11.9. The van der Waals surface area contributed by atoms with E-state index in [9.17, 15) is 24.3 Å². The lowest BCUT2D eigenvalue weighted by molar-refractivity contribution is -0.159. The van der Waals surface area contributed by atoms with Gasteiger partial charge in [0.15, 0.2) is 0 Å². The van der Waals surface area contributed by atoms with Crippen molar-refractivity contribution >= 4 is 23.9 Å². The predicted octanol–water partition coefficient (Wildman–Crippen LogP) is 4.65. The Labute approximate surface area is 248 Å². The van der Waals surface area contributed by atoms with Gasteiger partial charge in [-0.25, -0.2) is 9.59 Å². The fourth-order valence-corrected chi connectivity index (χ4v) is 4.20. The van der Waals surface area contributed by atoms with Crippen molar-refractivity contribution in [3.63, 3.8) is 0 Å². The summed E-state index contributed by atoms with van der Waals surface area (Å²) in [6.45, 7) is 13.9. The minimum Gasteiger partial charge on any atom is -0.508 e. The van der Waals surface area contributed by atoms with Crippen molar-refractivity contribution in [3.05, 3.63) is 65.7 Å². The quantitative estimate of drug-likeness (QED) is 0.328. The Morgan fingerprint density at radius 1 is 0.857 bits per heavy atom. The van der Waals surface area contributed by atoms with Crippen LogP contribution in [0.4, 0.5) is 4.79 Å². The molecule has 0 saturated heterocycles. The van der Waals surface area contributed by atoms with Crippen LogP contribution in [0.5, 0.6) is 5.75 Å². The number of esters is 1. The first-order valence-corrected chi connectivity index (χ1v) is 14.2. The van der Waals surface area contributed by atoms with Gasteiger partial charge in [0, 0.05) is 13.0 Å². The standard InChI is InChI=1S/C32H45N3O7/c1-9-19-35(28(38)21(2)33-30(40)42-32(6,7)8)26(23-15-17-24(36)18-16-23)27(37)34-25(29(39)41-31(3,4)5)20-22-13-11-10-12-14-22/h10-18,21,25-26,36H,9,19-20H2,1-8H3,(H,33,40)(H,34,37). The summed E-state index contributed by atoms with van der Waals surface area (Å²) in [7, 11) is 0. The maximum absolute atomic E-state index is 14.1. The van der Waals surface area contributed by atoms with Gasteiger partial charge in [-0.3, -0.25) is 9.59 Å². The molecule has 0 saturated carbocycles. The van der Waals surface area contributed by atoms with Crippen molar-refractivity contribution < 1.29 is 33.8 Å². The number of phenolic OH excluding ortho intramolecular Hbond substituents is 1. The number of phenols is 1. The van der Waals surface area contributed by atoms with Gasteiger partial charge in [-0.05, 0) is 78.1 Å². The first-order chi connectivity index (χ1) is 19.5. The van der Waals surface area contributed by atoms with Gasteiger partial charge in [-0.15, -0.1) is 0 Å². The molecule has 0 aliphatic heterocycles. The highest BCUT2D eigenvalue weighted by molar-refractivity contribution is 5.93. The third-order valence-corrected chi connectivity index (χ3v) is 5.91. The molecule has 0 spiro atoms. The summed E-state index contributed by atoms with van der Waals surface area (Å²) in [6, 6.07) is 11.9. The fraction of sp³-hybridized carbons (Fsp3) is 0.500. The molecule has 2 aromatic rings. The number of amides is 3. The molecule has 0 aliphatic rings. The molecular weight excluding hydrogens is 538 g/mol. The number of nitrogens with zero attached hydrogens (tertiary/aromatic N) is 1. The lowest BCUT2D eigenvalue weighted by Gasteiger charge is -2.34. The zero-order valence-electron chi connectivity index (χ0n) is 25.9. The summed E-state index contributed by atoms with van der Waals surface area (Å²) < 4.78 is 10.9. The highest BCUT2D eigenvalue weighted by atomic mass is 16.6. The Morgan fingerprint density at radius 3 is 1.95 bits per heavy atom. The summed E-state index contributed by atoms with van der Waals surface area (Å²) in [5.41, 5.74) is -0.328. The summed E-state index contributed by atoms with van der Waals surface area (Å²) in [5, 5.41) is 15.3. The van der Waals surface area contributed by atoms with Crippen LogP contribution in [0, 0.1) is 0 Å². The third-order valence-electron chi connectivity index (χ3n) is 5.91. The smallest absolute Gasteiger partial charge is 0.408 e. The van der Waals surface area contributed by atoms with E-state index in [0.717, 1.165) is 5.56 Å². The highest BCUT2D eigenvalue weighted by Crippen LogP contribution is 2.25. The molecule has 3 amide bonds. The van der Waals surface area contributed by atoms with Crippen LogP contribution >= 0.6 is 0 Å².